The van der Waals surface area contributed by atoms with Crippen LogP contribution in [0.3, 0.4) is 0 Å². The van der Waals surface area contributed by atoms with E-state index in [1.165, 1.54) is 11.3 Å². The molecule has 4 rings (SSSR count). The van der Waals surface area contributed by atoms with Gasteiger partial charge in [0.2, 0.25) is 10.7 Å². The molecule has 0 bridgehead atoms. The number of rotatable bonds is 7. The fourth-order valence-electron chi connectivity index (χ4n) is 2.77. The Morgan fingerprint density at radius 3 is 2.29 bits per heavy atom. The summed E-state index contributed by atoms with van der Waals surface area (Å²) in [5, 5.41) is 13.9. The smallest absolute Gasteiger partial charge is 0.235 e. The largest absolute Gasteiger partial charge is 0.493 e. The van der Waals surface area contributed by atoms with E-state index >= 15 is 0 Å². The molecule has 9 heteroatoms. The Balaban J connectivity index is 1.67. The van der Waals surface area contributed by atoms with Crippen molar-refractivity contribution in [2.24, 2.45) is 0 Å². The Labute approximate surface area is 165 Å². The second-order valence-electron chi connectivity index (χ2n) is 5.73. The van der Waals surface area contributed by atoms with E-state index in [0.717, 1.165) is 16.3 Å². The highest BCUT2D eigenvalue weighted by atomic mass is 32.1. The number of ether oxygens (including phenoxy) is 4. The zero-order valence-electron chi connectivity index (χ0n) is 15.6. The van der Waals surface area contributed by atoms with Gasteiger partial charge in [0.25, 0.3) is 0 Å². The van der Waals surface area contributed by atoms with E-state index in [4.69, 9.17) is 18.9 Å². The van der Waals surface area contributed by atoms with Crippen molar-refractivity contribution in [2.75, 3.05) is 21.3 Å². The van der Waals surface area contributed by atoms with Crippen LogP contribution in [0.15, 0.2) is 42.5 Å². The molecular formula is C19H18N4O4S. The van der Waals surface area contributed by atoms with Gasteiger partial charge < -0.3 is 18.9 Å². The van der Waals surface area contributed by atoms with Crippen LogP contribution < -0.4 is 18.9 Å². The van der Waals surface area contributed by atoms with Gasteiger partial charge in [-0.1, -0.05) is 29.5 Å². The van der Waals surface area contributed by atoms with E-state index < -0.39 is 0 Å². The van der Waals surface area contributed by atoms with Crippen molar-refractivity contribution >= 4 is 16.3 Å². The van der Waals surface area contributed by atoms with Gasteiger partial charge >= 0.3 is 0 Å². The summed E-state index contributed by atoms with van der Waals surface area (Å²) in [7, 11) is 4.71. The maximum atomic E-state index is 5.77. The first-order valence-electron chi connectivity index (χ1n) is 8.43. The predicted octanol–water partition coefficient (Wildman–Crippen LogP) is 3.46. The zero-order valence-corrected chi connectivity index (χ0v) is 16.4. The number of nitrogens with zero attached hydrogens (tertiary/aromatic N) is 4. The molecule has 0 radical (unpaired) electrons. The van der Waals surface area contributed by atoms with Gasteiger partial charge in [0.1, 0.15) is 12.4 Å². The van der Waals surface area contributed by atoms with Crippen molar-refractivity contribution in [1.82, 2.24) is 19.8 Å². The van der Waals surface area contributed by atoms with Crippen LogP contribution in [-0.2, 0) is 6.61 Å². The third-order valence-corrected chi connectivity index (χ3v) is 4.93. The van der Waals surface area contributed by atoms with Gasteiger partial charge in [0.05, 0.1) is 21.3 Å². The minimum Gasteiger partial charge on any atom is -0.493 e. The van der Waals surface area contributed by atoms with E-state index in [2.05, 4.69) is 15.3 Å². The molecule has 8 nitrogen and oxygen atoms in total. The predicted molar refractivity (Wildman–Crippen MR) is 105 cm³/mol. The molecule has 2 heterocycles. The fourth-order valence-corrected chi connectivity index (χ4v) is 3.51. The van der Waals surface area contributed by atoms with Crippen LogP contribution in [0.1, 0.15) is 5.01 Å². The van der Waals surface area contributed by atoms with Gasteiger partial charge in [-0.05, 0) is 24.3 Å². The van der Waals surface area contributed by atoms with Crippen LogP contribution in [0, 0.1) is 0 Å². The van der Waals surface area contributed by atoms with Gasteiger partial charge in [-0.25, -0.2) is 0 Å². The summed E-state index contributed by atoms with van der Waals surface area (Å²) in [6.07, 6.45) is 0. The zero-order chi connectivity index (χ0) is 19.5. The Bertz CT molecular complexity index is 1070. The fraction of sp³-hybridized carbons (Fsp3) is 0.211. The number of benzene rings is 2. The molecule has 0 atom stereocenters. The van der Waals surface area contributed by atoms with E-state index in [0.29, 0.717) is 34.6 Å². The first-order valence-corrected chi connectivity index (χ1v) is 9.24. The first-order chi connectivity index (χ1) is 13.7. The molecule has 0 aliphatic heterocycles. The average Bonchev–Trinajstić information content (AvgIpc) is 3.32. The standard InChI is InChI=1S/C19H18N4O4S/c1-24-14-9-12(10-15(25-2)17(14)26-3)18-20-21-19-23(18)22-16(28-19)11-27-13-7-5-4-6-8-13/h4-10H,11H2,1-3H3. The third-order valence-electron chi connectivity index (χ3n) is 4.06. The monoisotopic (exact) mass is 398 g/mol. The lowest BCUT2D eigenvalue weighted by Crippen LogP contribution is -1.99. The van der Waals surface area contributed by atoms with Gasteiger partial charge in [-0.3, -0.25) is 0 Å². The Morgan fingerprint density at radius 2 is 1.64 bits per heavy atom. The van der Waals surface area contributed by atoms with Crippen LogP contribution in [0.2, 0.25) is 0 Å². The maximum Gasteiger partial charge on any atom is 0.235 e. The van der Waals surface area contributed by atoms with Crippen molar-refractivity contribution in [3.05, 3.63) is 47.5 Å². The molecule has 0 aliphatic rings. The van der Waals surface area contributed by atoms with Crippen LogP contribution in [0.4, 0.5) is 0 Å². The summed E-state index contributed by atoms with van der Waals surface area (Å²) in [5.41, 5.74) is 0.753. The minimum absolute atomic E-state index is 0.354. The molecule has 0 saturated heterocycles. The molecule has 0 saturated carbocycles. The maximum absolute atomic E-state index is 5.77. The molecule has 0 N–H and O–H groups in total. The Morgan fingerprint density at radius 1 is 0.929 bits per heavy atom. The van der Waals surface area contributed by atoms with Crippen molar-refractivity contribution in [3.63, 3.8) is 0 Å². The molecule has 28 heavy (non-hydrogen) atoms. The van der Waals surface area contributed by atoms with Crippen LogP contribution >= 0.6 is 11.3 Å². The summed E-state index contributed by atoms with van der Waals surface area (Å²) in [6.45, 7) is 0.354. The topological polar surface area (TPSA) is 80.0 Å². The normalized spacial score (nSPS) is 10.8. The molecule has 0 unspecified atom stereocenters. The lowest BCUT2D eigenvalue weighted by molar-refractivity contribution is 0.304. The van der Waals surface area contributed by atoms with Crippen molar-refractivity contribution in [3.8, 4) is 34.4 Å². The highest BCUT2D eigenvalue weighted by molar-refractivity contribution is 7.16. The first kappa shape index (κ1) is 18.1. The molecule has 2 aromatic carbocycles. The van der Waals surface area contributed by atoms with E-state index in [1.54, 1.807) is 25.8 Å². The summed E-state index contributed by atoms with van der Waals surface area (Å²) in [4.78, 5) is 0.676. The van der Waals surface area contributed by atoms with Crippen LogP contribution in [0.5, 0.6) is 23.0 Å². The molecule has 0 amide bonds. The number of hydrogen-bond donors (Lipinski definition) is 0. The van der Waals surface area contributed by atoms with Crippen molar-refractivity contribution < 1.29 is 18.9 Å². The highest BCUT2D eigenvalue weighted by Crippen LogP contribution is 2.41. The lowest BCUT2D eigenvalue weighted by Gasteiger charge is -2.13. The molecule has 4 aromatic rings. The molecule has 0 aliphatic carbocycles. The summed E-state index contributed by atoms with van der Waals surface area (Å²) >= 11 is 1.43. The summed E-state index contributed by atoms with van der Waals surface area (Å²) in [6, 6.07) is 13.2. The second-order valence-corrected chi connectivity index (χ2v) is 6.77. The molecular weight excluding hydrogens is 380 g/mol. The number of fused-ring (bicyclic) bond motifs is 1. The van der Waals surface area contributed by atoms with Gasteiger partial charge in [-0.2, -0.15) is 9.61 Å². The SMILES string of the molecule is COc1cc(-c2nnc3sc(COc4ccccc4)nn23)cc(OC)c1OC. The average molecular weight is 398 g/mol. The Hall–Kier alpha value is -3.33. The Kier molecular flexibility index (Phi) is 4.98. The van der Waals surface area contributed by atoms with Crippen molar-refractivity contribution in [2.45, 2.75) is 6.61 Å². The lowest BCUT2D eigenvalue weighted by atomic mass is 10.1. The van der Waals surface area contributed by atoms with Gasteiger partial charge in [0, 0.05) is 5.56 Å². The number of aromatic nitrogens is 4. The number of methoxy groups -OCH3 is 3. The summed E-state index contributed by atoms with van der Waals surface area (Å²) < 4.78 is 23.7. The third kappa shape index (κ3) is 3.31. The molecule has 0 fully saturated rings. The minimum atomic E-state index is 0.354. The van der Waals surface area contributed by atoms with Crippen molar-refractivity contribution in [1.29, 1.82) is 0 Å². The van der Waals surface area contributed by atoms with Gasteiger partial charge in [-0.15, -0.1) is 10.2 Å². The number of para-hydroxylation sites is 1. The summed E-state index contributed by atoms with van der Waals surface area (Å²) in [5.74, 6) is 2.97. The second kappa shape index (κ2) is 7.73. The molecule has 144 valence electrons. The van der Waals surface area contributed by atoms with Gasteiger partial charge in [0.15, 0.2) is 22.3 Å². The van der Waals surface area contributed by atoms with E-state index in [1.807, 2.05) is 42.5 Å². The van der Waals surface area contributed by atoms with Crippen LogP contribution in [0.25, 0.3) is 16.3 Å². The molecule has 2 aromatic heterocycles. The van der Waals surface area contributed by atoms with E-state index in [-0.39, 0.29) is 0 Å². The van der Waals surface area contributed by atoms with E-state index in [9.17, 15) is 0 Å². The number of hydrogen-bond acceptors (Lipinski definition) is 8. The highest BCUT2D eigenvalue weighted by Gasteiger charge is 2.19. The molecule has 0 spiro atoms. The van der Waals surface area contributed by atoms with Crippen LogP contribution in [-0.4, -0.2) is 41.1 Å². The quantitative estimate of drug-likeness (QED) is 0.472.